The van der Waals surface area contributed by atoms with Crippen molar-refractivity contribution in [2.24, 2.45) is 0 Å². The molecule has 0 N–H and O–H groups in total. The van der Waals surface area contributed by atoms with E-state index < -0.39 is 16.2 Å². The molecule has 0 aliphatic rings. The van der Waals surface area contributed by atoms with E-state index in [2.05, 4.69) is 0 Å². The molecule has 1 rings (SSSR count). The van der Waals surface area contributed by atoms with Gasteiger partial charge in [-0.15, -0.1) is 0 Å². The average Bonchev–Trinajstić information content (AvgIpc) is 2.06. The minimum absolute atomic E-state index is 0.0126. The van der Waals surface area contributed by atoms with Crippen LogP contribution in [0.2, 0.25) is 0 Å². The van der Waals surface area contributed by atoms with Gasteiger partial charge in [-0.1, -0.05) is 20.8 Å². The lowest BCUT2D eigenvalue weighted by molar-refractivity contribution is -0.386. The number of halogens is 1. The first kappa shape index (κ1) is 11.6. The van der Waals surface area contributed by atoms with E-state index >= 15 is 0 Å². The van der Waals surface area contributed by atoms with Crippen LogP contribution in [0.5, 0.6) is 0 Å². The highest BCUT2D eigenvalue weighted by atomic mass is 19.1. The van der Waals surface area contributed by atoms with E-state index in [-0.39, 0.29) is 5.69 Å². The molecular weight excluding hydrogens is 197 g/mol. The zero-order valence-corrected chi connectivity index (χ0v) is 9.30. The molecule has 3 nitrogen and oxygen atoms in total. The zero-order chi connectivity index (χ0) is 11.8. The third-order valence-electron chi connectivity index (χ3n) is 2.32. The van der Waals surface area contributed by atoms with Gasteiger partial charge in [-0.05, 0) is 24.0 Å². The Hall–Kier alpha value is -1.45. The fourth-order valence-electron chi connectivity index (χ4n) is 1.77. The van der Waals surface area contributed by atoms with Crippen LogP contribution in [0.4, 0.5) is 10.1 Å². The van der Waals surface area contributed by atoms with E-state index in [1.54, 1.807) is 6.92 Å². The second-order valence-corrected chi connectivity index (χ2v) is 4.57. The summed E-state index contributed by atoms with van der Waals surface area (Å²) in [7, 11) is 0. The van der Waals surface area contributed by atoms with Crippen LogP contribution in [-0.4, -0.2) is 4.92 Å². The van der Waals surface area contributed by atoms with Crippen LogP contribution >= 0.6 is 0 Å². The Morgan fingerprint density at radius 1 is 1.33 bits per heavy atom. The van der Waals surface area contributed by atoms with Crippen LogP contribution in [0.15, 0.2) is 12.1 Å². The number of hydrogen-bond acceptors (Lipinski definition) is 2. The average molecular weight is 211 g/mol. The highest BCUT2D eigenvalue weighted by molar-refractivity contribution is 5.49. The molecule has 82 valence electrons. The zero-order valence-electron chi connectivity index (χ0n) is 9.30. The third-order valence-corrected chi connectivity index (χ3v) is 2.32. The summed E-state index contributed by atoms with van der Waals surface area (Å²) in [6.07, 6.45) is 0. The Morgan fingerprint density at radius 3 is 2.27 bits per heavy atom. The molecule has 0 unspecified atom stereocenters. The van der Waals surface area contributed by atoms with Crippen LogP contribution in [-0.2, 0) is 5.41 Å². The molecule has 0 fully saturated rings. The van der Waals surface area contributed by atoms with Crippen molar-refractivity contribution in [2.45, 2.75) is 33.1 Å². The van der Waals surface area contributed by atoms with E-state index in [0.717, 1.165) is 6.07 Å². The maximum Gasteiger partial charge on any atom is 0.273 e. The van der Waals surface area contributed by atoms with E-state index in [0.29, 0.717) is 11.1 Å². The monoisotopic (exact) mass is 211 g/mol. The first-order chi connectivity index (χ1) is 6.75. The number of rotatable bonds is 1. The fraction of sp³-hybridized carbons (Fsp3) is 0.455. The van der Waals surface area contributed by atoms with Crippen molar-refractivity contribution in [3.05, 3.63) is 39.2 Å². The second kappa shape index (κ2) is 3.61. The van der Waals surface area contributed by atoms with Crippen molar-refractivity contribution >= 4 is 5.69 Å². The van der Waals surface area contributed by atoms with Crippen molar-refractivity contribution < 1.29 is 9.31 Å². The van der Waals surface area contributed by atoms with Gasteiger partial charge in [-0.3, -0.25) is 10.1 Å². The SMILES string of the molecule is Cc1c(F)ccc([N+](=O)[O-])c1C(C)(C)C. The summed E-state index contributed by atoms with van der Waals surface area (Å²) in [6.45, 7) is 7.08. The van der Waals surface area contributed by atoms with Gasteiger partial charge in [-0.2, -0.15) is 0 Å². The van der Waals surface area contributed by atoms with Crippen LogP contribution in [0.25, 0.3) is 0 Å². The van der Waals surface area contributed by atoms with E-state index in [9.17, 15) is 14.5 Å². The molecule has 0 atom stereocenters. The van der Waals surface area contributed by atoms with Crippen LogP contribution in [0, 0.1) is 22.9 Å². The summed E-state index contributed by atoms with van der Waals surface area (Å²) in [5, 5.41) is 10.8. The van der Waals surface area contributed by atoms with Gasteiger partial charge in [0.25, 0.3) is 5.69 Å². The number of benzene rings is 1. The Bertz CT molecular complexity index is 408. The maximum atomic E-state index is 13.3. The largest absolute Gasteiger partial charge is 0.273 e. The molecule has 0 saturated carbocycles. The fourth-order valence-corrected chi connectivity index (χ4v) is 1.77. The smallest absolute Gasteiger partial charge is 0.258 e. The molecule has 0 spiro atoms. The summed E-state index contributed by atoms with van der Waals surface area (Å²) in [5.41, 5.74) is 0.375. The van der Waals surface area contributed by atoms with Crippen molar-refractivity contribution in [1.82, 2.24) is 0 Å². The maximum absolute atomic E-state index is 13.3. The van der Waals surface area contributed by atoms with E-state index in [4.69, 9.17) is 0 Å². The molecule has 0 saturated heterocycles. The highest BCUT2D eigenvalue weighted by Gasteiger charge is 2.28. The molecule has 0 amide bonds. The van der Waals surface area contributed by atoms with Gasteiger partial charge in [0, 0.05) is 11.6 Å². The number of hydrogen-bond donors (Lipinski definition) is 0. The van der Waals surface area contributed by atoms with Crippen LogP contribution in [0.1, 0.15) is 31.9 Å². The Labute approximate surface area is 88.1 Å². The van der Waals surface area contributed by atoms with Gasteiger partial charge in [0.1, 0.15) is 5.82 Å². The lowest BCUT2D eigenvalue weighted by Gasteiger charge is -2.21. The molecule has 0 heterocycles. The summed E-state index contributed by atoms with van der Waals surface area (Å²) < 4.78 is 13.3. The number of nitro groups is 1. The predicted octanol–water partition coefficient (Wildman–Crippen LogP) is 3.34. The molecule has 1 aromatic rings. The van der Waals surface area contributed by atoms with Gasteiger partial charge < -0.3 is 0 Å². The third kappa shape index (κ3) is 2.14. The summed E-state index contributed by atoms with van der Waals surface area (Å²) >= 11 is 0. The minimum atomic E-state index is -0.465. The van der Waals surface area contributed by atoms with E-state index in [1.807, 2.05) is 20.8 Å². The standard InChI is InChI=1S/C11H14FNO2/c1-7-8(12)5-6-9(13(14)15)10(7)11(2,3)4/h5-6H,1-4H3. The summed E-state index contributed by atoms with van der Waals surface area (Å²) in [4.78, 5) is 10.3. The lowest BCUT2D eigenvalue weighted by atomic mass is 9.83. The molecule has 0 aromatic heterocycles. The van der Waals surface area contributed by atoms with Crippen molar-refractivity contribution in [3.63, 3.8) is 0 Å². The number of nitro benzene ring substituents is 1. The van der Waals surface area contributed by atoms with Crippen molar-refractivity contribution in [1.29, 1.82) is 0 Å². The highest BCUT2D eigenvalue weighted by Crippen LogP contribution is 2.34. The van der Waals surface area contributed by atoms with Crippen molar-refractivity contribution in [2.75, 3.05) is 0 Å². The topological polar surface area (TPSA) is 43.1 Å². The lowest BCUT2D eigenvalue weighted by Crippen LogP contribution is -2.16. The second-order valence-electron chi connectivity index (χ2n) is 4.57. The normalized spacial score (nSPS) is 11.5. The first-order valence-corrected chi connectivity index (χ1v) is 4.69. The van der Waals surface area contributed by atoms with Gasteiger partial charge in [0.2, 0.25) is 0 Å². The van der Waals surface area contributed by atoms with Gasteiger partial charge >= 0.3 is 0 Å². The van der Waals surface area contributed by atoms with Crippen molar-refractivity contribution in [3.8, 4) is 0 Å². The van der Waals surface area contributed by atoms with E-state index in [1.165, 1.54) is 6.07 Å². The molecule has 0 bridgehead atoms. The molecule has 1 aromatic carbocycles. The molecule has 4 heteroatoms. The molecule has 0 aliphatic carbocycles. The molecular formula is C11H14FNO2. The molecule has 0 radical (unpaired) electrons. The molecule has 0 aliphatic heterocycles. The van der Waals surface area contributed by atoms with Crippen LogP contribution < -0.4 is 0 Å². The predicted molar refractivity (Wildman–Crippen MR) is 56.5 cm³/mol. The Kier molecular flexibility index (Phi) is 2.79. The summed E-state index contributed by atoms with van der Waals surface area (Å²) in [6, 6.07) is 2.37. The van der Waals surface area contributed by atoms with Gasteiger partial charge in [0.15, 0.2) is 0 Å². The Morgan fingerprint density at radius 2 is 1.87 bits per heavy atom. The van der Waals surface area contributed by atoms with Crippen LogP contribution in [0.3, 0.4) is 0 Å². The van der Waals surface area contributed by atoms with Gasteiger partial charge in [-0.25, -0.2) is 4.39 Å². The number of nitrogens with zero attached hydrogens (tertiary/aromatic N) is 1. The first-order valence-electron chi connectivity index (χ1n) is 4.69. The Balaban J connectivity index is 3.57. The quantitative estimate of drug-likeness (QED) is 0.528. The minimum Gasteiger partial charge on any atom is -0.258 e. The van der Waals surface area contributed by atoms with Gasteiger partial charge in [0.05, 0.1) is 4.92 Å². The summed E-state index contributed by atoms with van der Waals surface area (Å²) in [5.74, 6) is -0.398. The molecule has 15 heavy (non-hydrogen) atoms.